The van der Waals surface area contributed by atoms with Crippen LogP contribution in [0.1, 0.15) is 46.1 Å². The summed E-state index contributed by atoms with van der Waals surface area (Å²) in [5.41, 5.74) is 0.838. The normalized spacial score (nSPS) is 13.7. The molecule has 0 aliphatic rings. The molecule has 1 rings (SSSR count). The fraction of sp³-hybridized carbons (Fsp3) is 0.556. The summed E-state index contributed by atoms with van der Waals surface area (Å²) in [7, 11) is 0. The predicted octanol–water partition coefficient (Wildman–Crippen LogP) is 3.78. The van der Waals surface area contributed by atoms with E-state index in [0.29, 0.717) is 10.9 Å². The number of esters is 1. The van der Waals surface area contributed by atoms with Crippen LogP contribution in [0.2, 0.25) is 5.02 Å². The number of benzene rings is 1. The average Bonchev–Trinajstić information content (AvgIpc) is 2.47. The number of rotatable bonds is 7. The molecule has 0 saturated heterocycles. The lowest BCUT2D eigenvalue weighted by atomic mass is 9.88. The Kier molecular flexibility index (Phi) is 7.56. The van der Waals surface area contributed by atoms with Crippen molar-refractivity contribution in [2.45, 2.75) is 46.6 Å². The van der Waals surface area contributed by atoms with Crippen molar-refractivity contribution in [2.24, 2.45) is 11.8 Å². The van der Waals surface area contributed by atoms with Crippen molar-refractivity contribution in [3.8, 4) is 0 Å². The second-order valence-electron chi connectivity index (χ2n) is 6.48. The Hall–Kier alpha value is -1.55. The third kappa shape index (κ3) is 6.22. The number of nitrogens with one attached hydrogen (secondary N) is 1. The molecule has 5 heteroatoms. The van der Waals surface area contributed by atoms with Crippen LogP contribution < -0.4 is 5.32 Å². The van der Waals surface area contributed by atoms with E-state index >= 15 is 0 Å². The third-order valence-electron chi connectivity index (χ3n) is 3.88. The van der Waals surface area contributed by atoms with Gasteiger partial charge in [-0.2, -0.15) is 0 Å². The molecule has 0 aromatic heterocycles. The monoisotopic (exact) mass is 339 g/mol. The molecule has 0 heterocycles. The van der Waals surface area contributed by atoms with Gasteiger partial charge in [-0.15, -0.1) is 0 Å². The number of carbonyl (C=O) groups excluding carboxylic acids is 2. The largest absolute Gasteiger partial charge is 0.455 e. The first-order valence-corrected chi connectivity index (χ1v) is 8.31. The van der Waals surface area contributed by atoms with Crippen LogP contribution >= 0.6 is 11.6 Å². The van der Waals surface area contributed by atoms with E-state index in [9.17, 15) is 9.59 Å². The molecule has 1 aromatic rings. The molecule has 0 saturated carbocycles. The number of hydrogen-bond acceptors (Lipinski definition) is 3. The average molecular weight is 340 g/mol. The minimum absolute atomic E-state index is 0.0402. The van der Waals surface area contributed by atoms with Crippen LogP contribution in [0.25, 0.3) is 0 Å². The number of carbonyl (C=O) groups is 2. The minimum atomic E-state index is -0.414. The van der Waals surface area contributed by atoms with Gasteiger partial charge < -0.3 is 10.1 Å². The lowest BCUT2D eigenvalue weighted by Gasteiger charge is -2.21. The van der Waals surface area contributed by atoms with Crippen molar-refractivity contribution in [3.05, 3.63) is 34.9 Å². The number of halogens is 1. The van der Waals surface area contributed by atoms with E-state index in [4.69, 9.17) is 16.3 Å². The summed E-state index contributed by atoms with van der Waals surface area (Å²) in [5, 5.41) is 3.43. The second kappa shape index (κ2) is 8.92. The SMILES string of the molecule is CC(C)[C@@H](C)NC(=O)COC(=O)[C@@H](c1ccc(Cl)cc1)C(C)C. The number of hydrogen-bond donors (Lipinski definition) is 1. The molecule has 1 N–H and O–H groups in total. The highest BCUT2D eigenvalue weighted by Gasteiger charge is 2.26. The van der Waals surface area contributed by atoms with E-state index in [0.717, 1.165) is 5.56 Å². The van der Waals surface area contributed by atoms with Crippen LogP contribution in [-0.2, 0) is 14.3 Å². The summed E-state index contributed by atoms with van der Waals surface area (Å²) in [4.78, 5) is 24.2. The van der Waals surface area contributed by atoms with E-state index in [1.807, 2.05) is 46.8 Å². The highest BCUT2D eigenvalue weighted by Crippen LogP contribution is 2.27. The zero-order chi connectivity index (χ0) is 17.6. The first-order chi connectivity index (χ1) is 10.7. The maximum Gasteiger partial charge on any atom is 0.314 e. The van der Waals surface area contributed by atoms with E-state index < -0.39 is 11.9 Å². The summed E-state index contributed by atoms with van der Waals surface area (Å²) in [6, 6.07) is 7.16. The van der Waals surface area contributed by atoms with Crippen molar-refractivity contribution in [1.82, 2.24) is 5.32 Å². The standard InChI is InChI=1S/C18H26ClNO3/c1-11(2)13(5)20-16(21)10-23-18(22)17(12(3)4)14-6-8-15(19)9-7-14/h6-9,11-13,17H,10H2,1-5H3,(H,20,21)/t13-,17-/m1/s1. The molecule has 128 valence electrons. The van der Waals surface area contributed by atoms with Gasteiger partial charge in [0, 0.05) is 11.1 Å². The molecular weight excluding hydrogens is 314 g/mol. The van der Waals surface area contributed by atoms with Crippen molar-refractivity contribution in [2.75, 3.05) is 6.61 Å². The lowest BCUT2D eigenvalue weighted by molar-refractivity contribution is -0.151. The van der Waals surface area contributed by atoms with E-state index in [2.05, 4.69) is 5.32 Å². The molecular formula is C18H26ClNO3. The zero-order valence-electron chi connectivity index (χ0n) is 14.4. The molecule has 1 amide bonds. The third-order valence-corrected chi connectivity index (χ3v) is 4.14. The van der Waals surface area contributed by atoms with Crippen molar-refractivity contribution in [3.63, 3.8) is 0 Å². The lowest BCUT2D eigenvalue weighted by Crippen LogP contribution is -2.39. The van der Waals surface area contributed by atoms with Crippen molar-refractivity contribution >= 4 is 23.5 Å². The Morgan fingerprint density at radius 3 is 2.09 bits per heavy atom. The van der Waals surface area contributed by atoms with Crippen LogP contribution in [0, 0.1) is 11.8 Å². The van der Waals surface area contributed by atoms with E-state index in [1.165, 1.54) is 0 Å². The van der Waals surface area contributed by atoms with Gasteiger partial charge in [0.1, 0.15) is 0 Å². The van der Waals surface area contributed by atoms with E-state index in [-0.39, 0.29) is 24.5 Å². The summed E-state index contributed by atoms with van der Waals surface area (Å²) >= 11 is 5.88. The molecule has 2 atom stereocenters. The Morgan fingerprint density at radius 1 is 1.04 bits per heavy atom. The highest BCUT2D eigenvalue weighted by molar-refractivity contribution is 6.30. The number of amides is 1. The summed E-state index contributed by atoms with van der Waals surface area (Å²) < 4.78 is 5.21. The fourth-order valence-corrected chi connectivity index (χ4v) is 2.28. The molecule has 0 fully saturated rings. The van der Waals surface area contributed by atoms with Gasteiger partial charge in [0.2, 0.25) is 0 Å². The molecule has 0 aliphatic heterocycles. The van der Waals surface area contributed by atoms with E-state index in [1.54, 1.807) is 12.1 Å². The quantitative estimate of drug-likeness (QED) is 0.769. The van der Waals surface area contributed by atoms with Crippen LogP contribution in [0.3, 0.4) is 0 Å². The first kappa shape index (κ1) is 19.5. The molecule has 0 unspecified atom stereocenters. The molecule has 0 spiro atoms. The van der Waals surface area contributed by atoms with Crippen molar-refractivity contribution in [1.29, 1.82) is 0 Å². The maximum absolute atomic E-state index is 12.4. The fourth-order valence-electron chi connectivity index (χ4n) is 2.15. The van der Waals surface area contributed by atoms with Gasteiger partial charge in [-0.25, -0.2) is 0 Å². The van der Waals surface area contributed by atoms with Crippen LogP contribution in [0.5, 0.6) is 0 Å². The number of ether oxygens (including phenoxy) is 1. The Morgan fingerprint density at radius 2 is 1.61 bits per heavy atom. The van der Waals surface area contributed by atoms with Crippen LogP contribution in [0.4, 0.5) is 0 Å². The smallest absolute Gasteiger partial charge is 0.314 e. The predicted molar refractivity (Wildman–Crippen MR) is 92.4 cm³/mol. The van der Waals surface area contributed by atoms with Crippen LogP contribution in [-0.4, -0.2) is 24.5 Å². The molecule has 23 heavy (non-hydrogen) atoms. The van der Waals surface area contributed by atoms with Gasteiger partial charge in [-0.1, -0.05) is 51.4 Å². The molecule has 1 aromatic carbocycles. The minimum Gasteiger partial charge on any atom is -0.455 e. The maximum atomic E-state index is 12.4. The topological polar surface area (TPSA) is 55.4 Å². The summed E-state index contributed by atoms with van der Waals surface area (Å²) in [6.07, 6.45) is 0. The Labute approximate surface area is 143 Å². The molecule has 0 bridgehead atoms. The van der Waals surface area contributed by atoms with Crippen LogP contribution in [0.15, 0.2) is 24.3 Å². The van der Waals surface area contributed by atoms with Gasteiger partial charge in [-0.3, -0.25) is 9.59 Å². The van der Waals surface area contributed by atoms with Gasteiger partial charge in [-0.05, 0) is 36.5 Å². The van der Waals surface area contributed by atoms with Gasteiger partial charge in [0.05, 0.1) is 5.92 Å². The summed E-state index contributed by atoms with van der Waals surface area (Å²) in [6.45, 7) is 9.60. The van der Waals surface area contributed by atoms with Crippen molar-refractivity contribution < 1.29 is 14.3 Å². The molecule has 0 aliphatic carbocycles. The zero-order valence-corrected chi connectivity index (χ0v) is 15.2. The molecule has 0 radical (unpaired) electrons. The highest BCUT2D eigenvalue weighted by atomic mass is 35.5. The van der Waals surface area contributed by atoms with Gasteiger partial charge >= 0.3 is 5.97 Å². The van der Waals surface area contributed by atoms with Gasteiger partial charge in [0.25, 0.3) is 5.91 Å². The van der Waals surface area contributed by atoms with Gasteiger partial charge in [0.15, 0.2) is 6.61 Å². The Bertz CT molecular complexity index is 526. The summed E-state index contributed by atoms with van der Waals surface area (Å²) in [5.74, 6) is -0.705. The second-order valence-corrected chi connectivity index (χ2v) is 6.92. The molecule has 4 nitrogen and oxygen atoms in total. The first-order valence-electron chi connectivity index (χ1n) is 7.93. The Balaban J connectivity index is 2.66.